The van der Waals surface area contributed by atoms with Crippen LogP contribution in [0.3, 0.4) is 0 Å². The summed E-state index contributed by atoms with van der Waals surface area (Å²) in [5, 5.41) is 23.9. The van der Waals surface area contributed by atoms with Crippen LogP contribution >= 0.6 is 0 Å². The molecule has 0 aromatic heterocycles. The Labute approximate surface area is 148 Å². The van der Waals surface area contributed by atoms with Crippen LogP contribution in [0.15, 0.2) is 0 Å². The summed E-state index contributed by atoms with van der Waals surface area (Å²) in [6.45, 7) is -0.944. The van der Waals surface area contributed by atoms with Crippen molar-refractivity contribution in [2.75, 3.05) is 13.1 Å². The molecule has 26 heavy (non-hydrogen) atoms. The van der Waals surface area contributed by atoms with Gasteiger partial charge in [0, 0.05) is 12.8 Å². The predicted octanol–water partition coefficient (Wildman–Crippen LogP) is -3.04. The van der Waals surface area contributed by atoms with E-state index in [1.807, 2.05) is 0 Å². The number of rotatable bonds is 13. The highest BCUT2D eigenvalue weighted by atomic mass is 16.4. The lowest BCUT2D eigenvalue weighted by molar-refractivity contribution is -0.138. The van der Waals surface area contributed by atoms with Crippen LogP contribution in [0.2, 0.25) is 0 Å². The smallest absolute Gasteiger partial charge is 0.303 e. The Morgan fingerprint density at radius 2 is 1.50 bits per heavy atom. The van der Waals surface area contributed by atoms with Gasteiger partial charge in [-0.25, -0.2) is 0 Å². The molecule has 0 heterocycles. The number of nitrogens with one attached hydrogen (secondary N) is 3. The fourth-order valence-electron chi connectivity index (χ4n) is 1.79. The minimum absolute atomic E-state index is 0.105. The van der Waals surface area contributed by atoms with Gasteiger partial charge in [0.2, 0.25) is 17.7 Å². The van der Waals surface area contributed by atoms with Gasteiger partial charge in [0.25, 0.3) is 0 Å². The number of carbonyl (C=O) groups excluding carboxylic acids is 4. The van der Waals surface area contributed by atoms with Crippen LogP contribution in [-0.4, -0.2) is 71.3 Å². The Morgan fingerprint density at radius 1 is 0.923 bits per heavy atom. The van der Waals surface area contributed by atoms with Gasteiger partial charge in [-0.1, -0.05) is 0 Å². The average Bonchev–Trinajstić information content (AvgIpc) is 2.59. The summed E-state index contributed by atoms with van der Waals surface area (Å²) in [5.41, 5.74) is 5.12. The Balaban J connectivity index is 4.55. The monoisotopic (exact) mass is 374 g/mol. The minimum atomic E-state index is -1.19. The molecule has 0 unspecified atom stereocenters. The molecule has 2 atom stereocenters. The first-order valence-corrected chi connectivity index (χ1v) is 7.65. The summed E-state index contributed by atoms with van der Waals surface area (Å²) < 4.78 is 0. The Hall–Kier alpha value is -3.02. The molecule has 12 nitrogen and oxygen atoms in total. The summed E-state index contributed by atoms with van der Waals surface area (Å²) in [6.07, 6.45) is -0.647. The molecule has 0 rings (SSSR count). The van der Waals surface area contributed by atoms with E-state index >= 15 is 0 Å². The van der Waals surface area contributed by atoms with Crippen molar-refractivity contribution < 1.29 is 39.0 Å². The number of carboxylic acids is 2. The fourth-order valence-corrected chi connectivity index (χ4v) is 1.79. The van der Waals surface area contributed by atoms with Crippen molar-refractivity contribution in [2.24, 2.45) is 5.73 Å². The summed E-state index contributed by atoms with van der Waals surface area (Å²) in [5.74, 6) is -4.51. The third kappa shape index (κ3) is 10.7. The molecule has 0 saturated carbocycles. The van der Waals surface area contributed by atoms with Gasteiger partial charge in [-0.2, -0.15) is 0 Å². The van der Waals surface area contributed by atoms with Gasteiger partial charge in [-0.05, 0) is 12.8 Å². The number of hydrogen-bond donors (Lipinski definition) is 6. The van der Waals surface area contributed by atoms with Crippen LogP contribution in [0.25, 0.3) is 0 Å². The second-order valence-electron chi connectivity index (χ2n) is 5.22. The lowest BCUT2D eigenvalue weighted by atomic mass is 10.1. The zero-order chi connectivity index (χ0) is 20.1. The maximum Gasteiger partial charge on any atom is 0.303 e. The van der Waals surface area contributed by atoms with Crippen molar-refractivity contribution >= 4 is 35.9 Å². The van der Waals surface area contributed by atoms with E-state index in [1.54, 1.807) is 0 Å². The predicted molar refractivity (Wildman–Crippen MR) is 85.7 cm³/mol. The highest BCUT2D eigenvalue weighted by molar-refractivity contribution is 5.91. The van der Waals surface area contributed by atoms with E-state index in [4.69, 9.17) is 15.9 Å². The van der Waals surface area contributed by atoms with E-state index < -0.39 is 61.3 Å². The van der Waals surface area contributed by atoms with E-state index in [2.05, 4.69) is 16.0 Å². The van der Waals surface area contributed by atoms with Crippen molar-refractivity contribution in [2.45, 2.75) is 37.8 Å². The summed E-state index contributed by atoms with van der Waals surface area (Å²) in [6, 6.07) is -2.21. The molecule has 0 saturated heterocycles. The Kier molecular flexibility index (Phi) is 10.9. The molecule has 0 aliphatic rings. The Morgan fingerprint density at radius 3 is 2.00 bits per heavy atom. The largest absolute Gasteiger partial charge is 0.481 e. The van der Waals surface area contributed by atoms with Crippen LogP contribution in [-0.2, 0) is 28.8 Å². The van der Waals surface area contributed by atoms with Crippen molar-refractivity contribution in [3.63, 3.8) is 0 Å². The van der Waals surface area contributed by atoms with Crippen LogP contribution in [0.5, 0.6) is 0 Å². The molecule has 0 radical (unpaired) electrons. The van der Waals surface area contributed by atoms with Gasteiger partial charge in [-0.15, -0.1) is 0 Å². The molecule has 0 fully saturated rings. The van der Waals surface area contributed by atoms with Crippen LogP contribution in [0.4, 0.5) is 0 Å². The quantitative estimate of drug-likeness (QED) is 0.181. The maximum atomic E-state index is 12.0. The van der Waals surface area contributed by atoms with E-state index in [-0.39, 0.29) is 19.3 Å². The van der Waals surface area contributed by atoms with Gasteiger partial charge in [0.15, 0.2) is 0 Å². The molecule has 0 bridgehead atoms. The number of aliphatic carboxylic acids is 2. The molecule has 0 aromatic carbocycles. The molecule has 7 N–H and O–H groups in total. The molecule has 0 aliphatic carbocycles. The number of hydrogen-bond acceptors (Lipinski definition) is 7. The van der Waals surface area contributed by atoms with Crippen LogP contribution in [0, 0.1) is 0 Å². The first-order chi connectivity index (χ1) is 12.2. The number of aldehydes is 1. The fraction of sp³-hybridized carbons (Fsp3) is 0.571. The molecular weight excluding hydrogens is 352 g/mol. The van der Waals surface area contributed by atoms with Crippen molar-refractivity contribution in [1.29, 1.82) is 0 Å². The van der Waals surface area contributed by atoms with Crippen LogP contribution in [0.1, 0.15) is 25.7 Å². The van der Waals surface area contributed by atoms with Gasteiger partial charge >= 0.3 is 11.9 Å². The van der Waals surface area contributed by atoms with Crippen LogP contribution < -0.4 is 21.7 Å². The summed E-state index contributed by atoms with van der Waals surface area (Å²) in [7, 11) is 0. The number of nitrogens with two attached hydrogens (primary N) is 1. The third-order valence-electron chi connectivity index (χ3n) is 3.09. The standard InChI is InChI=1S/C14H22N4O8/c15-5-10(20)18-9(2-4-13(24)25)14(26)16-6-11(21)17-8(7-19)1-3-12(22)23/h7-9H,1-6,15H2,(H,16,26)(H,17,21)(H,18,20)(H,22,23)(H,24,25)/t8-,9-/m1/s1. The first kappa shape index (κ1) is 23.0. The Bertz CT molecular complexity index is 551. The lowest BCUT2D eigenvalue weighted by Gasteiger charge is -2.18. The SMILES string of the molecule is NCC(=O)N[C@H](CCC(=O)O)C(=O)NCC(=O)N[C@@H](C=O)CCC(=O)O. The molecule has 0 spiro atoms. The van der Waals surface area contributed by atoms with Gasteiger partial charge in [0.05, 0.1) is 19.1 Å². The normalized spacial score (nSPS) is 12.3. The second kappa shape index (κ2) is 12.4. The maximum absolute atomic E-state index is 12.0. The van der Waals surface area contributed by atoms with E-state index in [0.29, 0.717) is 6.29 Å². The van der Waals surface area contributed by atoms with E-state index in [9.17, 15) is 28.8 Å². The second-order valence-corrected chi connectivity index (χ2v) is 5.22. The molecule has 12 heteroatoms. The molecule has 146 valence electrons. The highest BCUT2D eigenvalue weighted by Crippen LogP contribution is 1.99. The van der Waals surface area contributed by atoms with E-state index in [0.717, 1.165) is 0 Å². The number of carboxylic acid groups (broad SMARTS) is 2. The van der Waals surface area contributed by atoms with Crippen molar-refractivity contribution in [3.8, 4) is 0 Å². The first-order valence-electron chi connectivity index (χ1n) is 7.65. The van der Waals surface area contributed by atoms with E-state index in [1.165, 1.54) is 0 Å². The zero-order valence-corrected chi connectivity index (χ0v) is 13.9. The molecule has 0 aromatic rings. The van der Waals surface area contributed by atoms with Crippen molar-refractivity contribution in [3.05, 3.63) is 0 Å². The van der Waals surface area contributed by atoms with Crippen molar-refractivity contribution in [1.82, 2.24) is 16.0 Å². The topological polar surface area (TPSA) is 205 Å². The van der Waals surface area contributed by atoms with Gasteiger partial charge < -0.3 is 36.7 Å². The molecular formula is C14H22N4O8. The zero-order valence-electron chi connectivity index (χ0n) is 13.9. The van der Waals surface area contributed by atoms with Gasteiger partial charge in [0.1, 0.15) is 12.3 Å². The average molecular weight is 374 g/mol. The molecule has 3 amide bonds. The lowest BCUT2D eigenvalue weighted by Crippen LogP contribution is -2.51. The summed E-state index contributed by atoms with van der Waals surface area (Å²) in [4.78, 5) is 66.8. The highest BCUT2D eigenvalue weighted by Gasteiger charge is 2.22. The number of carbonyl (C=O) groups is 6. The third-order valence-corrected chi connectivity index (χ3v) is 3.09. The number of amides is 3. The minimum Gasteiger partial charge on any atom is -0.481 e. The van der Waals surface area contributed by atoms with Gasteiger partial charge in [-0.3, -0.25) is 24.0 Å². The molecule has 0 aliphatic heterocycles. The summed E-state index contributed by atoms with van der Waals surface area (Å²) >= 11 is 0.